The molecule has 1 heterocycles. The zero-order valence-electron chi connectivity index (χ0n) is 17.6. The molecule has 2 nitrogen and oxygen atoms in total. The number of hydrogen-bond acceptors (Lipinski definition) is 2. The molecule has 2 heteroatoms. The van der Waals surface area contributed by atoms with Crippen LogP contribution in [-0.2, 0) is 4.74 Å². The molecule has 1 saturated carbocycles. The predicted octanol–water partition coefficient (Wildman–Crippen LogP) is 6.03. The molecule has 2 fully saturated rings. The lowest BCUT2D eigenvalue weighted by Gasteiger charge is -2.37. The Balaban J connectivity index is 1.47. The molecule has 0 aromatic rings. The maximum Gasteiger partial charge on any atom is 0.0876 e. The summed E-state index contributed by atoms with van der Waals surface area (Å²) in [6.07, 6.45) is 26.6. The zero-order chi connectivity index (χ0) is 19.8. The minimum absolute atomic E-state index is 0.0859. The average Bonchev–Trinajstić information content (AvgIpc) is 2.91. The number of rotatable bonds is 4. The Labute approximate surface area is 170 Å². The summed E-state index contributed by atoms with van der Waals surface area (Å²) >= 11 is 0. The summed E-state index contributed by atoms with van der Waals surface area (Å²) in [5, 5.41) is 0. The van der Waals surface area contributed by atoms with Crippen LogP contribution in [0.3, 0.4) is 0 Å². The van der Waals surface area contributed by atoms with Gasteiger partial charge in [-0.25, -0.2) is 0 Å². The molecule has 0 radical (unpaired) electrons. The monoisotopic (exact) mass is 375 g/mol. The molecule has 1 spiro atoms. The third-order valence-corrected chi connectivity index (χ3v) is 6.74. The number of hydrogen-bond donors (Lipinski definition) is 0. The maximum atomic E-state index is 6.31. The normalized spacial score (nSPS) is 35.5. The highest BCUT2D eigenvalue weighted by atomic mass is 16.5. The van der Waals surface area contributed by atoms with Crippen molar-refractivity contribution in [3.05, 3.63) is 83.7 Å². The van der Waals surface area contributed by atoms with E-state index in [-0.39, 0.29) is 11.0 Å². The summed E-state index contributed by atoms with van der Waals surface area (Å²) < 4.78 is 6.31. The smallest absolute Gasteiger partial charge is 0.0876 e. The van der Waals surface area contributed by atoms with Crippen LogP contribution in [-0.4, -0.2) is 30.2 Å². The molecular formula is C26H33NO. The van der Waals surface area contributed by atoms with Crippen molar-refractivity contribution in [1.29, 1.82) is 0 Å². The van der Waals surface area contributed by atoms with Crippen molar-refractivity contribution in [1.82, 2.24) is 4.90 Å². The van der Waals surface area contributed by atoms with Gasteiger partial charge in [-0.05, 0) is 68.7 Å². The molecule has 28 heavy (non-hydrogen) atoms. The molecule has 1 aliphatic heterocycles. The van der Waals surface area contributed by atoms with Crippen LogP contribution in [0.1, 0.15) is 46.0 Å². The first-order valence-electron chi connectivity index (χ1n) is 10.7. The average molecular weight is 376 g/mol. The molecule has 148 valence electrons. The first-order chi connectivity index (χ1) is 13.5. The number of nitrogens with zero attached hydrogens (tertiary/aromatic N) is 1. The topological polar surface area (TPSA) is 12.5 Å². The predicted molar refractivity (Wildman–Crippen MR) is 118 cm³/mol. The van der Waals surface area contributed by atoms with Gasteiger partial charge >= 0.3 is 0 Å². The van der Waals surface area contributed by atoms with E-state index in [1.165, 1.54) is 41.7 Å². The van der Waals surface area contributed by atoms with E-state index in [2.05, 4.69) is 81.0 Å². The molecule has 3 aliphatic carbocycles. The summed E-state index contributed by atoms with van der Waals surface area (Å²) in [5.74, 6) is 0. The van der Waals surface area contributed by atoms with Crippen LogP contribution in [0.25, 0.3) is 0 Å². The Morgan fingerprint density at radius 1 is 1.14 bits per heavy atom. The molecule has 0 bridgehead atoms. The van der Waals surface area contributed by atoms with E-state index in [4.69, 9.17) is 4.74 Å². The lowest BCUT2D eigenvalue weighted by Crippen LogP contribution is -2.36. The highest BCUT2D eigenvalue weighted by molar-refractivity contribution is 5.55. The van der Waals surface area contributed by atoms with Crippen LogP contribution >= 0.6 is 0 Å². The number of ether oxygens (including phenoxy) is 1. The minimum atomic E-state index is -0.134. The molecule has 2 unspecified atom stereocenters. The van der Waals surface area contributed by atoms with Crippen molar-refractivity contribution in [2.45, 2.75) is 57.7 Å². The second kappa shape index (κ2) is 7.40. The van der Waals surface area contributed by atoms with Gasteiger partial charge in [-0.15, -0.1) is 0 Å². The molecular weight excluding hydrogens is 342 g/mol. The first-order valence-corrected chi connectivity index (χ1v) is 10.7. The quantitative estimate of drug-likeness (QED) is 0.594. The van der Waals surface area contributed by atoms with Crippen molar-refractivity contribution < 1.29 is 4.74 Å². The van der Waals surface area contributed by atoms with Crippen LogP contribution in [0.5, 0.6) is 0 Å². The molecule has 1 saturated heterocycles. The Kier molecular flexibility index (Phi) is 5.09. The van der Waals surface area contributed by atoms with E-state index in [0.717, 1.165) is 19.4 Å². The lowest BCUT2D eigenvalue weighted by molar-refractivity contribution is -0.0844. The summed E-state index contributed by atoms with van der Waals surface area (Å²) in [4.78, 5) is 2.35. The molecule has 0 N–H and O–H groups in total. The van der Waals surface area contributed by atoms with E-state index in [0.29, 0.717) is 6.10 Å². The summed E-state index contributed by atoms with van der Waals surface area (Å²) in [6.45, 7) is 9.28. The molecule has 4 aliphatic rings. The van der Waals surface area contributed by atoms with E-state index >= 15 is 0 Å². The molecule has 0 aromatic carbocycles. The largest absolute Gasteiger partial charge is 0.373 e. The van der Waals surface area contributed by atoms with Gasteiger partial charge in [0, 0.05) is 24.7 Å². The van der Waals surface area contributed by atoms with E-state index in [1.807, 2.05) is 6.08 Å². The highest BCUT2D eigenvalue weighted by Crippen LogP contribution is 2.48. The Hall–Kier alpha value is -2.06. The SMILES string of the molecule is C=C/C=C1\C(=C/C)C2(C=CC(C3=CCC(C)(OC4CCC4)C=C3)=CC2)CN1C. The molecule has 2 atom stereocenters. The zero-order valence-corrected chi connectivity index (χ0v) is 17.6. The van der Waals surface area contributed by atoms with Gasteiger partial charge in [-0.1, -0.05) is 55.2 Å². The summed E-state index contributed by atoms with van der Waals surface area (Å²) in [7, 11) is 2.18. The van der Waals surface area contributed by atoms with Crippen molar-refractivity contribution in [2.75, 3.05) is 13.6 Å². The van der Waals surface area contributed by atoms with Gasteiger partial charge in [-0.3, -0.25) is 0 Å². The first kappa shape index (κ1) is 19.3. The van der Waals surface area contributed by atoms with Crippen molar-refractivity contribution in [3.63, 3.8) is 0 Å². The van der Waals surface area contributed by atoms with Crippen molar-refractivity contribution in [2.24, 2.45) is 5.41 Å². The van der Waals surface area contributed by atoms with Gasteiger partial charge in [0.2, 0.25) is 0 Å². The fourth-order valence-corrected chi connectivity index (χ4v) is 4.91. The van der Waals surface area contributed by atoms with Crippen LogP contribution in [0.2, 0.25) is 0 Å². The van der Waals surface area contributed by atoms with Gasteiger partial charge in [0.1, 0.15) is 0 Å². The summed E-state index contributed by atoms with van der Waals surface area (Å²) in [5.41, 5.74) is 5.33. The molecule has 4 rings (SSSR count). The van der Waals surface area contributed by atoms with Gasteiger partial charge < -0.3 is 9.64 Å². The van der Waals surface area contributed by atoms with E-state index in [9.17, 15) is 0 Å². The lowest BCUT2D eigenvalue weighted by atomic mass is 9.74. The van der Waals surface area contributed by atoms with Gasteiger partial charge in [0.25, 0.3) is 0 Å². The highest BCUT2D eigenvalue weighted by Gasteiger charge is 2.42. The Morgan fingerprint density at radius 3 is 2.36 bits per heavy atom. The fourth-order valence-electron chi connectivity index (χ4n) is 4.91. The third kappa shape index (κ3) is 3.39. The Bertz CT molecular complexity index is 832. The van der Waals surface area contributed by atoms with Gasteiger partial charge in [0.15, 0.2) is 0 Å². The third-order valence-electron chi connectivity index (χ3n) is 6.74. The van der Waals surface area contributed by atoms with Crippen LogP contribution in [0.15, 0.2) is 83.7 Å². The summed E-state index contributed by atoms with van der Waals surface area (Å²) in [6, 6.07) is 0. The number of likely N-dealkylation sites (tertiary alicyclic amines) is 1. The van der Waals surface area contributed by atoms with E-state index < -0.39 is 0 Å². The van der Waals surface area contributed by atoms with Crippen molar-refractivity contribution >= 4 is 0 Å². The molecule has 0 amide bonds. The second-order valence-electron chi connectivity index (χ2n) is 8.88. The second-order valence-corrected chi connectivity index (χ2v) is 8.88. The van der Waals surface area contributed by atoms with Crippen LogP contribution in [0, 0.1) is 5.41 Å². The van der Waals surface area contributed by atoms with Crippen LogP contribution < -0.4 is 0 Å². The number of likely N-dealkylation sites (N-methyl/N-ethyl adjacent to an activating group) is 1. The molecule has 0 aromatic heterocycles. The van der Waals surface area contributed by atoms with Crippen LogP contribution in [0.4, 0.5) is 0 Å². The minimum Gasteiger partial charge on any atom is -0.373 e. The van der Waals surface area contributed by atoms with E-state index in [1.54, 1.807) is 0 Å². The maximum absolute atomic E-state index is 6.31. The van der Waals surface area contributed by atoms with Crippen molar-refractivity contribution in [3.8, 4) is 0 Å². The number of allylic oxidation sites excluding steroid dienone is 9. The fraction of sp³-hybridized carbons (Fsp3) is 0.462. The Morgan fingerprint density at radius 2 is 1.86 bits per heavy atom. The standard InChI is InChI=1S/C26H33NO/c1-5-8-24-23(6-2)26(19-27(24)4)17-13-21(14-18-26)20-11-15-25(3,16-12-20)28-22-9-7-10-22/h5-6,8,11-15,17,22H,1,7,9-10,16,18-19H2,2-4H3/b23-6+,24-8+. The van der Waals surface area contributed by atoms with Gasteiger partial charge in [-0.2, -0.15) is 0 Å². The van der Waals surface area contributed by atoms with Gasteiger partial charge in [0.05, 0.1) is 11.7 Å².